The first kappa shape index (κ1) is 14.3. The molecule has 0 radical (unpaired) electrons. The van der Waals surface area contributed by atoms with Gasteiger partial charge in [-0.05, 0) is 24.3 Å². The Balaban J connectivity index is 2.11. The summed E-state index contributed by atoms with van der Waals surface area (Å²) in [5, 5.41) is 10.8. The Hall–Kier alpha value is -2.66. The monoisotopic (exact) mass is 296 g/mol. The number of rotatable bonds is 3. The fourth-order valence-corrected chi connectivity index (χ4v) is 2.63. The first-order valence-electron chi connectivity index (χ1n) is 7.11. The molecule has 1 aliphatic heterocycles. The van der Waals surface area contributed by atoms with Crippen LogP contribution in [-0.4, -0.2) is 22.8 Å². The number of urea groups is 1. The molecule has 0 saturated carbocycles. The number of carbonyl (C=O) groups excluding carboxylic acids is 2. The number of benzene rings is 2. The van der Waals surface area contributed by atoms with Crippen molar-refractivity contribution < 1.29 is 14.7 Å². The van der Waals surface area contributed by atoms with Gasteiger partial charge in [-0.2, -0.15) is 0 Å². The van der Waals surface area contributed by atoms with Crippen molar-refractivity contribution in [3.05, 3.63) is 60.7 Å². The second-order valence-corrected chi connectivity index (χ2v) is 5.10. The molecular weight excluding hydrogens is 280 g/mol. The van der Waals surface area contributed by atoms with E-state index in [1.54, 1.807) is 61.5 Å². The zero-order chi connectivity index (χ0) is 15.7. The minimum Gasteiger partial charge on any atom is -0.363 e. The third-order valence-corrected chi connectivity index (χ3v) is 3.82. The third-order valence-electron chi connectivity index (χ3n) is 3.82. The van der Waals surface area contributed by atoms with Crippen LogP contribution < -0.4 is 9.80 Å². The van der Waals surface area contributed by atoms with E-state index in [2.05, 4.69) is 0 Å². The third kappa shape index (κ3) is 1.98. The van der Waals surface area contributed by atoms with Crippen molar-refractivity contribution in [1.82, 2.24) is 0 Å². The summed E-state index contributed by atoms with van der Waals surface area (Å²) in [5.41, 5.74) is -0.930. The number of para-hydroxylation sites is 2. The minimum atomic E-state index is -1.87. The summed E-state index contributed by atoms with van der Waals surface area (Å²) in [4.78, 5) is 27.6. The summed E-state index contributed by atoms with van der Waals surface area (Å²) in [6.45, 7) is 1.68. The number of imide groups is 1. The fourth-order valence-electron chi connectivity index (χ4n) is 2.63. The lowest BCUT2D eigenvalue weighted by atomic mass is 10.1. The maximum absolute atomic E-state index is 12.8. The van der Waals surface area contributed by atoms with E-state index in [0.29, 0.717) is 11.4 Å². The Labute approximate surface area is 128 Å². The summed E-state index contributed by atoms with van der Waals surface area (Å²) >= 11 is 0. The number of carbonyl (C=O) groups is 2. The summed E-state index contributed by atoms with van der Waals surface area (Å²) < 4.78 is 0. The Morgan fingerprint density at radius 3 is 1.91 bits per heavy atom. The highest BCUT2D eigenvalue weighted by Gasteiger charge is 2.56. The van der Waals surface area contributed by atoms with E-state index >= 15 is 0 Å². The molecule has 1 N–H and O–H groups in total. The Kier molecular flexibility index (Phi) is 3.42. The van der Waals surface area contributed by atoms with Gasteiger partial charge in [0.25, 0.3) is 5.91 Å². The number of nitrogens with zero attached hydrogens (tertiary/aromatic N) is 2. The van der Waals surface area contributed by atoms with Gasteiger partial charge in [0, 0.05) is 12.1 Å². The molecule has 1 heterocycles. The van der Waals surface area contributed by atoms with Crippen molar-refractivity contribution in [2.24, 2.45) is 0 Å². The molecule has 3 rings (SSSR count). The molecule has 1 saturated heterocycles. The maximum Gasteiger partial charge on any atom is 0.338 e. The van der Waals surface area contributed by atoms with Crippen molar-refractivity contribution in [1.29, 1.82) is 0 Å². The Morgan fingerprint density at radius 1 is 0.909 bits per heavy atom. The molecule has 3 amide bonds. The number of aliphatic hydroxyl groups is 1. The van der Waals surface area contributed by atoms with Gasteiger partial charge in [-0.3, -0.25) is 9.69 Å². The largest absolute Gasteiger partial charge is 0.363 e. The zero-order valence-corrected chi connectivity index (χ0v) is 12.1. The number of hydrogen-bond donors (Lipinski definition) is 1. The number of hydrogen-bond acceptors (Lipinski definition) is 3. The van der Waals surface area contributed by atoms with Gasteiger partial charge in [0.15, 0.2) is 0 Å². The molecule has 2 aromatic carbocycles. The maximum atomic E-state index is 12.8. The van der Waals surface area contributed by atoms with Crippen LogP contribution in [0.2, 0.25) is 0 Å². The normalized spacial score (nSPS) is 21.5. The second kappa shape index (κ2) is 5.27. The van der Waals surface area contributed by atoms with Crippen molar-refractivity contribution in [3.63, 3.8) is 0 Å². The lowest BCUT2D eigenvalue weighted by Crippen LogP contribution is -2.49. The van der Waals surface area contributed by atoms with Crippen LogP contribution in [0.5, 0.6) is 0 Å². The van der Waals surface area contributed by atoms with Crippen LogP contribution in [0.1, 0.15) is 13.3 Å². The molecular formula is C17H16N2O3. The van der Waals surface area contributed by atoms with Gasteiger partial charge in [-0.1, -0.05) is 43.3 Å². The molecule has 112 valence electrons. The van der Waals surface area contributed by atoms with E-state index in [-0.39, 0.29) is 6.42 Å². The van der Waals surface area contributed by atoms with Crippen LogP contribution in [0, 0.1) is 0 Å². The Morgan fingerprint density at radius 2 is 1.41 bits per heavy atom. The predicted molar refractivity (Wildman–Crippen MR) is 83.5 cm³/mol. The molecule has 1 atom stereocenters. The average molecular weight is 296 g/mol. The molecule has 2 aromatic rings. The molecule has 0 aliphatic carbocycles. The van der Waals surface area contributed by atoms with Gasteiger partial charge in [0.1, 0.15) is 0 Å². The smallest absolute Gasteiger partial charge is 0.338 e. The SMILES string of the molecule is CCC1(O)C(=O)N(c2ccccc2)C(=O)N1c1ccccc1. The van der Waals surface area contributed by atoms with Crippen LogP contribution in [0.25, 0.3) is 0 Å². The van der Waals surface area contributed by atoms with E-state index in [1.807, 2.05) is 6.07 Å². The van der Waals surface area contributed by atoms with Gasteiger partial charge in [0.05, 0.1) is 5.69 Å². The van der Waals surface area contributed by atoms with E-state index in [1.165, 1.54) is 0 Å². The van der Waals surface area contributed by atoms with E-state index in [4.69, 9.17) is 0 Å². The van der Waals surface area contributed by atoms with E-state index < -0.39 is 17.7 Å². The molecule has 5 nitrogen and oxygen atoms in total. The summed E-state index contributed by atoms with van der Waals surface area (Å²) in [7, 11) is 0. The van der Waals surface area contributed by atoms with Gasteiger partial charge in [0.2, 0.25) is 5.72 Å². The molecule has 0 aromatic heterocycles. The number of anilines is 2. The molecule has 5 heteroatoms. The van der Waals surface area contributed by atoms with Crippen molar-refractivity contribution in [2.45, 2.75) is 19.1 Å². The second-order valence-electron chi connectivity index (χ2n) is 5.10. The molecule has 1 unspecified atom stereocenters. The van der Waals surface area contributed by atoms with Crippen LogP contribution in [0.3, 0.4) is 0 Å². The van der Waals surface area contributed by atoms with Gasteiger partial charge >= 0.3 is 6.03 Å². The van der Waals surface area contributed by atoms with Crippen molar-refractivity contribution in [3.8, 4) is 0 Å². The van der Waals surface area contributed by atoms with E-state index in [0.717, 1.165) is 9.80 Å². The minimum absolute atomic E-state index is 0.107. The first-order chi connectivity index (χ1) is 10.6. The highest BCUT2D eigenvalue weighted by atomic mass is 16.3. The predicted octanol–water partition coefficient (Wildman–Crippen LogP) is 2.76. The lowest BCUT2D eigenvalue weighted by molar-refractivity contribution is -0.133. The van der Waals surface area contributed by atoms with E-state index in [9.17, 15) is 14.7 Å². The lowest BCUT2D eigenvalue weighted by Gasteiger charge is -2.28. The summed E-state index contributed by atoms with van der Waals surface area (Å²) in [5.74, 6) is -0.630. The van der Waals surface area contributed by atoms with Gasteiger partial charge in [-0.15, -0.1) is 0 Å². The molecule has 1 aliphatic rings. The summed E-state index contributed by atoms with van der Waals surface area (Å²) in [6.07, 6.45) is 0.107. The van der Waals surface area contributed by atoms with Crippen LogP contribution in [0.15, 0.2) is 60.7 Å². The topological polar surface area (TPSA) is 60.9 Å². The fraction of sp³-hybridized carbons (Fsp3) is 0.176. The van der Waals surface area contributed by atoms with Crippen molar-refractivity contribution in [2.75, 3.05) is 9.80 Å². The summed E-state index contributed by atoms with van der Waals surface area (Å²) in [6, 6.07) is 16.8. The van der Waals surface area contributed by atoms with Crippen LogP contribution >= 0.6 is 0 Å². The number of amides is 3. The molecule has 22 heavy (non-hydrogen) atoms. The van der Waals surface area contributed by atoms with Gasteiger partial charge in [-0.25, -0.2) is 9.69 Å². The highest BCUT2D eigenvalue weighted by molar-refractivity contribution is 6.29. The first-order valence-corrected chi connectivity index (χ1v) is 7.11. The van der Waals surface area contributed by atoms with Crippen molar-refractivity contribution >= 4 is 23.3 Å². The average Bonchev–Trinajstić information content (AvgIpc) is 2.76. The standard InChI is InChI=1S/C17H16N2O3/c1-2-17(22)15(20)18(13-9-5-3-6-10-13)16(21)19(17)14-11-7-4-8-12-14/h3-12,22H,2H2,1H3. The zero-order valence-electron chi connectivity index (χ0n) is 12.1. The molecule has 1 fully saturated rings. The van der Waals surface area contributed by atoms with Crippen LogP contribution in [-0.2, 0) is 4.79 Å². The van der Waals surface area contributed by atoms with Crippen LogP contribution in [0.4, 0.5) is 16.2 Å². The quantitative estimate of drug-likeness (QED) is 0.886. The molecule has 0 bridgehead atoms. The Bertz CT molecular complexity index is 702. The molecule has 0 spiro atoms. The highest BCUT2D eigenvalue weighted by Crippen LogP contribution is 2.36. The van der Waals surface area contributed by atoms with Gasteiger partial charge < -0.3 is 5.11 Å².